The first-order valence-electron chi connectivity index (χ1n) is 7.55. The number of aliphatic hydroxyl groups excluding tert-OH is 1. The molecule has 0 aliphatic carbocycles. The molecule has 1 aromatic carbocycles. The van der Waals surface area contributed by atoms with Crippen molar-refractivity contribution in [3.05, 3.63) is 29.8 Å². The van der Waals surface area contributed by atoms with E-state index < -0.39 is 6.10 Å². The van der Waals surface area contributed by atoms with E-state index in [0.717, 1.165) is 12.2 Å². The molecular formula is C17H29NO3. The average molecular weight is 295 g/mol. The molecule has 0 saturated carbocycles. The number of aliphatic hydroxyl groups is 1. The summed E-state index contributed by atoms with van der Waals surface area (Å²) in [6, 6.07) is 8.38. The molecule has 2 atom stereocenters. The van der Waals surface area contributed by atoms with Crippen LogP contribution in [0.1, 0.15) is 26.3 Å². The molecule has 1 N–H and O–H groups in total. The molecule has 0 bridgehead atoms. The lowest BCUT2D eigenvalue weighted by Crippen LogP contribution is -2.39. The molecule has 0 spiro atoms. The summed E-state index contributed by atoms with van der Waals surface area (Å²) in [6.07, 6.45) is 0.576. The van der Waals surface area contributed by atoms with Crippen molar-refractivity contribution in [3.63, 3.8) is 0 Å². The minimum absolute atomic E-state index is 0.149. The van der Waals surface area contributed by atoms with Crippen molar-refractivity contribution in [1.82, 2.24) is 4.90 Å². The van der Waals surface area contributed by atoms with E-state index >= 15 is 0 Å². The average Bonchev–Trinajstić information content (AvgIpc) is 2.45. The number of methoxy groups -OCH3 is 1. The van der Waals surface area contributed by atoms with E-state index in [1.165, 1.54) is 5.56 Å². The zero-order valence-corrected chi connectivity index (χ0v) is 13.9. The Labute approximate surface area is 128 Å². The zero-order valence-electron chi connectivity index (χ0n) is 13.9. The van der Waals surface area contributed by atoms with Crippen molar-refractivity contribution in [2.24, 2.45) is 0 Å². The van der Waals surface area contributed by atoms with E-state index in [0.29, 0.717) is 19.2 Å². The van der Waals surface area contributed by atoms with Crippen LogP contribution in [-0.4, -0.2) is 55.6 Å². The lowest BCUT2D eigenvalue weighted by atomic mass is 10.0. The summed E-state index contributed by atoms with van der Waals surface area (Å²) in [6.45, 7) is 7.08. The first-order valence-corrected chi connectivity index (χ1v) is 7.55. The molecule has 1 rings (SSSR count). The SMILES string of the molecule is COc1ccccc1CC(C)N(C)CC(O)COC(C)C. The van der Waals surface area contributed by atoms with Crippen LogP contribution < -0.4 is 4.74 Å². The largest absolute Gasteiger partial charge is 0.496 e. The number of para-hydroxylation sites is 1. The second-order valence-corrected chi connectivity index (χ2v) is 5.84. The van der Waals surface area contributed by atoms with Gasteiger partial charge in [-0.3, -0.25) is 0 Å². The predicted octanol–water partition coefficient (Wildman–Crippen LogP) is 2.34. The molecule has 4 heteroatoms. The molecule has 21 heavy (non-hydrogen) atoms. The monoisotopic (exact) mass is 295 g/mol. The maximum atomic E-state index is 9.99. The highest BCUT2D eigenvalue weighted by Crippen LogP contribution is 2.20. The molecule has 4 nitrogen and oxygen atoms in total. The molecule has 0 fully saturated rings. The molecule has 0 aromatic heterocycles. The van der Waals surface area contributed by atoms with Gasteiger partial charge in [-0.25, -0.2) is 0 Å². The van der Waals surface area contributed by atoms with Gasteiger partial charge in [-0.05, 0) is 45.9 Å². The van der Waals surface area contributed by atoms with Gasteiger partial charge in [0.25, 0.3) is 0 Å². The van der Waals surface area contributed by atoms with E-state index in [1.807, 2.05) is 39.1 Å². The first-order chi connectivity index (χ1) is 9.93. The van der Waals surface area contributed by atoms with Gasteiger partial charge < -0.3 is 19.5 Å². The van der Waals surface area contributed by atoms with Crippen LogP contribution in [0.3, 0.4) is 0 Å². The van der Waals surface area contributed by atoms with Gasteiger partial charge in [0.05, 0.1) is 25.9 Å². The lowest BCUT2D eigenvalue weighted by molar-refractivity contribution is -0.00934. The Morgan fingerprint density at radius 3 is 2.48 bits per heavy atom. The maximum absolute atomic E-state index is 9.99. The summed E-state index contributed by atoms with van der Waals surface area (Å²) in [5.41, 5.74) is 1.19. The summed E-state index contributed by atoms with van der Waals surface area (Å²) < 4.78 is 10.8. The summed E-state index contributed by atoms with van der Waals surface area (Å²) in [4.78, 5) is 2.15. The van der Waals surface area contributed by atoms with Gasteiger partial charge in [-0.1, -0.05) is 18.2 Å². The number of hydrogen-bond donors (Lipinski definition) is 1. The molecule has 0 amide bonds. The third-order valence-electron chi connectivity index (χ3n) is 3.58. The second-order valence-electron chi connectivity index (χ2n) is 5.84. The molecule has 0 aliphatic heterocycles. The Bertz CT molecular complexity index is 409. The molecule has 1 aromatic rings. The Morgan fingerprint density at radius 1 is 1.19 bits per heavy atom. The number of likely N-dealkylation sites (N-methyl/N-ethyl adjacent to an activating group) is 1. The van der Waals surface area contributed by atoms with Crippen LogP contribution >= 0.6 is 0 Å². The molecule has 0 radical (unpaired) electrons. The van der Waals surface area contributed by atoms with Crippen LogP contribution in [0.15, 0.2) is 24.3 Å². The topological polar surface area (TPSA) is 41.9 Å². The number of hydrogen-bond acceptors (Lipinski definition) is 4. The van der Waals surface area contributed by atoms with Gasteiger partial charge in [0.2, 0.25) is 0 Å². The maximum Gasteiger partial charge on any atom is 0.122 e. The smallest absolute Gasteiger partial charge is 0.122 e. The standard InChI is InChI=1S/C17H29NO3/c1-13(2)21-12-16(19)11-18(4)14(3)10-15-8-6-7-9-17(15)20-5/h6-9,13-14,16,19H,10-12H2,1-5H3. The zero-order chi connectivity index (χ0) is 15.8. The van der Waals surface area contributed by atoms with Crippen molar-refractivity contribution in [2.45, 2.75) is 45.4 Å². The first kappa shape index (κ1) is 18.0. The molecule has 2 unspecified atom stereocenters. The van der Waals surface area contributed by atoms with Crippen LogP contribution in [-0.2, 0) is 11.2 Å². The molecular weight excluding hydrogens is 266 g/mol. The van der Waals surface area contributed by atoms with Crippen LogP contribution in [0.4, 0.5) is 0 Å². The number of benzene rings is 1. The number of nitrogens with zero attached hydrogens (tertiary/aromatic N) is 1. The molecule has 0 aliphatic rings. The summed E-state index contributed by atoms with van der Waals surface area (Å²) in [5, 5.41) is 9.99. The predicted molar refractivity (Wildman–Crippen MR) is 85.9 cm³/mol. The van der Waals surface area contributed by atoms with E-state index in [4.69, 9.17) is 9.47 Å². The van der Waals surface area contributed by atoms with E-state index in [1.54, 1.807) is 7.11 Å². The van der Waals surface area contributed by atoms with Gasteiger partial charge in [0.15, 0.2) is 0 Å². The minimum atomic E-state index is -0.461. The highest BCUT2D eigenvalue weighted by molar-refractivity contribution is 5.33. The van der Waals surface area contributed by atoms with Crippen molar-refractivity contribution in [3.8, 4) is 5.75 Å². The van der Waals surface area contributed by atoms with Crippen LogP contribution in [0.5, 0.6) is 5.75 Å². The Hall–Kier alpha value is -1.10. The fourth-order valence-electron chi connectivity index (χ4n) is 2.21. The van der Waals surface area contributed by atoms with E-state index in [-0.39, 0.29) is 6.10 Å². The van der Waals surface area contributed by atoms with Gasteiger partial charge in [0, 0.05) is 12.6 Å². The molecule has 0 heterocycles. The lowest BCUT2D eigenvalue weighted by Gasteiger charge is -2.27. The van der Waals surface area contributed by atoms with Crippen LogP contribution in [0.2, 0.25) is 0 Å². The normalized spacial score (nSPS) is 14.5. The number of ether oxygens (including phenoxy) is 2. The summed E-state index contributed by atoms with van der Waals surface area (Å²) in [5.74, 6) is 0.918. The van der Waals surface area contributed by atoms with Gasteiger partial charge >= 0.3 is 0 Å². The quantitative estimate of drug-likeness (QED) is 0.759. The summed E-state index contributed by atoms with van der Waals surface area (Å²) >= 11 is 0. The van der Waals surface area contributed by atoms with Gasteiger partial charge in [-0.2, -0.15) is 0 Å². The number of rotatable bonds is 9. The highest BCUT2D eigenvalue weighted by atomic mass is 16.5. The van der Waals surface area contributed by atoms with E-state index in [9.17, 15) is 5.11 Å². The van der Waals surface area contributed by atoms with Crippen LogP contribution in [0, 0.1) is 0 Å². The highest BCUT2D eigenvalue weighted by Gasteiger charge is 2.16. The fourth-order valence-corrected chi connectivity index (χ4v) is 2.21. The van der Waals surface area contributed by atoms with Crippen molar-refractivity contribution in [2.75, 3.05) is 27.3 Å². The van der Waals surface area contributed by atoms with Crippen molar-refractivity contribution in [1.29, 1.82) is 0 Å². The van der Waals surface area contributed by atoms with Crippen molar-refractivity contribution < 1.29 is 14.6 Å². The van der Waals surface area contributed by atoms with Crippen LogP contribution in [0.25, 0.3) is 0 Å². The Balaban J connectivity index is 2.48. The molecule has 120 valence electrons. The second kappa shape index (κ2) is 9.03. The fraction of sp³-hybridized carbons (Fsp3) is 0.647. The summed E-state index contributed by atoms with van der Waals surface area (Å²) in [7, 11) is 3.72. The Kier molecular flexibility index (Phi) is 7.72. The van der Waals surface area contributed by atoms with Gasteiger partial charge in [0.1, 0.15) is 5.75 Å². The Morgan fingerprint density at radius 2 is 1.86 bits per heavy atom. The van der Waals surface area contributed by atoms with Crippen molar-refractivity contribution >= 4 is 0 Å². The molecule has 0 saturated heterocycles. The van der Waals surface area contributed by atoms with Gasteiger partial charge in [-0.15, -0.1) is 0 Å². The van der Waals surface area contributed by atoms with E-state index in [2.05, 4.69) is 17.9 Å². The minimum Gasteiger partial charge on any atom is -0.496 e. The third kappa shape index (κ3) is 6.46. The third-order valence-corrected chi connectivity index (χ3v) is 3.58.